The molecular weight excluding hydrogens is 445 g/mol. The van der Waals surface area contributed by atoms with E-state index in [-0.39, 0.29) is 28.4 Å². The van der Waals surface area contributed by atoms with E-state index in [0.717, 1.165) is 11.3 Å². The predicted molar refractivity (Wildman–Crippen MR) is 115 cm³/mol. The first kappa shape index (κ1) is 21.7. The third kappa shape index (κ3) is 4.26. The van der Waals surface area contributed by atoms with Gasteiger partial charge in [-0.2, -0.15) is 13.2 Å². The van der Waals surface area contributed by atoms with Crippen LogP contribution in [-0.4, -0.2) is 34.9 Å². The summed E-state index contributed by atoms with van der Waals surface area (Å²) in [6.45, 7) is 0. The van der Waals surface area contributed by atoms with Crippen LogP contribution in [0.4, 0.5) is 13.2 Å². The van der Waals surface area contributed by atoms with Crippen LogP contribution in [0.1, 0.15) is 11.1 Å². The van der Waals surface area contributed by atoms with Crippen LogP contribution in [0.25, 0.3) is 22.3 Å². The number of aromatic hydroxyl groups is 1. The van der Waals surface area contributed by atoms with E-state index in [1.807, 2.05) is 0 Å². The van der Waals surface area contributed by atoms with Gasteiger partial charge in [-0.05, 0) is 35.4 Å². The Hall–Kier alpha value is -3.53. The topological polar surface area (TPSA) is 73.1 Å². The van der Waals surface area contributed by atoms with E-state index >= 15 is 0 Å². The highest BCUT2D eigenvalue weighted by Gasteiger charge is 2.27. The Balaban J connectivity index is 1.74. The fraction of sp³-hybridized carbons (Fsp3) is 0.182. The van der Waals surface area contributed by atoms with E-state index in [2.05, 4.69) is 4.98 Å². The van der Waals surface area contributed by atoms with Gasteiger partial charge in [-0.3, -0.25) is 9.20 Å². The molecular formula is C22H17F3N2O4S. The summed E-state index contributed by atoms with van der Waals surface area (Å²) in [6, 6.07) is 9.15. The molecule has 0 unspecified atom stereocenters. The zero-order valence-electron chi connectivity index (χ0n) is 16.9. The molecule has 0 bridgehead atoms. The second kappa shape index (κ2) is 8.19. The number of hydrogen-bond donors (Lipinski definition) is 1. The van der Waals surface area contributed by atoms with Crippen molar-refractivity contribution in [2.75, 3.05) is 14.2 Å². The monoisotopic (exact) mass is 462 g/mol. The number of benzene rings is 2. The molecule has 1 N–H and O–H groups in total. The number of halogens is 3. The average Bonchev–Trinajstić information content (AvgIpc) is 3.27. The molecule has 0 atom stereocenters. The average molecular weight is 462 g/mol. The number of phenolic OH excluding ortho intramolecular Hbond substituents is 1. The molecule has 4 aromatic rings. The Morgan fingerprint density at radius 1 is 1.16 bits per heavy atom. The molecule has 0 radical (unpaired) electrons. The summed E-state index contributed by atoms with van der Waals surface area (Å²) in [5.74, 6) is 0.253. The molecule has 0 amide bonds. The van der Waals surface area contributed by atoms with Gasteiger partial charge in [-0.15, -0.1) is 0 Å². The van der Waals surface area contributed by atoms with Gasteiger partial charge in [0.25, 0.3) is 5.56 Å². The molecule has 0 aliphatic carbocycles. The predicted octanol–water partition coefficient (Wildman–Crippen LogP) is 3.80. The summed E-state index contributed by atoms with van der Waals surface area (Å²) in [5.41, 5.74) is 1.30. The summed E-state index contributed by atoms with van der Waals surface area (Å²) in [6.07, 6.45) is -2.21. The summed E-state index contributed by atoms with van der Waals surface area (Å²) < 4.78 is 50.1. The van der Waals surface area contributed by atoms with Crippen molar-refractivity contribution in [1.82, 2.24) is 9.38 Å². The molecule has 2 heterocycles. The maximum atomic E-state index is 12.8. The third-order valence-corrected chi connectivity index (χ3v) is 5.71. The maximum Gasteiger partial charge on any atom is 0.393 e. The molecule has 0 saturated heterocycles. The number of aromatic nitrogens is 2. The number of methoxy groups -OCH3 is 2. The fourth-order valence-corrected chi connectivity index (χ4v) is 4.25. The van der Waals surface area contributed by atoms with Crippen LogP contribution >= 0.6 is 11.3 Å². The zero-order valence-corrected chi connectivity index (χ0v) is 17.8. The van der Waals surface area contributed by atoms with Gasteiger partial charge in [-0.1, -0.05) is 29.5 Å². The van der Waals surface area contributed by atoms with Crippen LogP contribution in [0.3, 0.4) is 0 Å². The third-order valence-electron chi connectivity index (χ3n) is 4.73. The first-order valence-electron chi connectivity index (χ1n) is 9.33. The van der Waals surface area contributed by atoms with Crippen molar-refractivity contribution >= 4 is 22.4 Å². The number of fused-ring (bicyclic) bond motifs is 1. The van der Waals surface area contributed by atoms with E-state index in [9.17, 15) is 23.1 Å². The van der Waals surface area contributed by atoms with Gasteiger partial charge in [0, 0.05) is 11.8 Å². The summed E-state index contributed by atoms with van der Waals surface area (Å²) >= 11 is 1.14. The smallest absolute Gasteiger partial charge is 0.393 e. The summed E-state index contributed by atoms with van der Waals surface area (Å²) in [7, 11) is 2.81. The van der Waals surface area contributed by atoms with Crippen LogP contribution in [0.2, 0.25) is 0 Å². The van der Waals surface area contributed by atoms with Gasteiger partial charge in [-0.25, -0.2) is 4.98 Å². The van der Waals surface area contributed by atoms with Crippen LogP contribution in [-0.2, 0) is 6.42 Å². The minimum Gasteiger partial charge on any atom is -0.502 e. The number of thiazole rings is 1. The number of rotatable bonds is 5. The normalized spacial score (nSPS) is 12.5. The number of phenols is 1. The van der Waals surface area contributed by atoms with Crippen LogP contribution in [0.15, 0.2) is 47.4 Å². The van der Waals surface area contributed by atoms with Gasteiger partial charge in [0.1, 0.15) is 0 Å². The Morgan fingerprint density at radius 2 is 1.84 bits per heavy atom. The largest absolute Gasteiger partial charge is 0.502 e. The fourth-order valence-electron chi connectivity index (χ4n) is 3.29. The van der Waals surface area contributed by atoms with Crippen molar-refractivity contribution in [3.63, 3.8) is 0 Å². The lowest BCUT2D eigenvalue weighted by Crippen LogP contribution is -2.22. The minimum absolute atomic E-state index is 0.123. The highest BCUT2D eigenvalue weighted by Crippen LogP contribution is 2.37. The van der Waals surface area contributed by atoms with E-state index < -0.39 is 12.6 Å². The molecule has 166 valence electrons. The van der Waals surface area contributed by atoms with Crippen molar-refractivity contribution in [3.8, 4) is 28.5 Å². The number of nitrogens with zero attached hydrogens (tertiary/aromatic N) is 2. The maximum absolute atomic E-state index is 12.8. The first-order valence-corrected chi connectivity index (χ1v) is 10.1. The molecule has 10 heteroatoms. The molecule has 0 fully saturated rings. The van der Waals surface area contributed by atoms with E-state index in [1.54, 1.807) is 24.3 Å². The number of ether oxygens (including phenoxy) is 2. The molecule has 2 aromatic heterocycles. The zero-order chi connectivity index (χ0) is 23.0. The molecule has 2 aromatic carbocycles. The van der Waals surface area contributed by atoms with Gasteiger partial charge in [0.15, 0.2) is 16.5 Å². The molecule has 0 aliphatic rings. The van der Waals surface area contributed by atoms with Gasteiger partial charge >= 0.3 is 6.18 Å². The lowest BCUT2D eigenvalue weighted by molar-refractivity contribution is -0.127. The van der Waals surface area contributed by atoms with E-state index in [1.165, 1.54) is 43.0 Å². The molecule has 4 rings (SSSR count). The molecule has 0 aliphatic heterocycles. The Bertz CT molecular complexity index is 1380. The van der Waals surface area contributed by atoms with Gasteiger partial charge in [0.05, 0.1) is 30.9 Å². The van der Waals surface area contributed by atoms with Crippen molar-refractivity contribution in [2.24, 2.45) is 0 Å². The number of imidazole rings is 1. The summed E-state index contributed by atoms with van der Waals surface area (Å²) in [4.78, 5) is 17.7. The standard InChI is InChI=1S/C22H17F3N2O4S/c1-30-16-7-13(8-17(31-2)19(16)28)9-18-20(29)27-11-15(26-21(27)32-18)14-5-3-4-12(6-14)10-22(23,24)25/h3-9,11,28H,10H2,1-2H3/b18-9-. The SMILES string of the molecule is COc1cc(/C=c2\sc3nc(-c4cccc(CC(F)(F)F)c4)cn3c2=O)cc(OC)c1O. The van der Waals surface area contributed by atoms with Gasteiger partial charge in [0.2, 0.25) is 5.75 Å². The molecule has 32 heavy (non-hydrogen) atoms. The first-order chi connectivity index (χ1) is 15.2. The lowest BCUT2D eigenvalue weighted by Gasteiger charge is -2.09. The lowest BCUT2D eigenvalue weighted by atomic mass is 10.1. The van der Waals surface area contributed by atoms with Crippen LogP contribution in [0, 0.1) is 0 Å². The Kier molecular flexibility index (Phi) is 5.55. The second-order valence-corrected chi connectivity index (χ2v) is 7.97. The molecule has 6 nitrogen and oxygen atoms in total. The van der Waals surface area contributed by atoms with Crippen molar-refractivity contribution < 1.29 is 27.8 Å². The minimum atomic E-state index is -4.31. The van der Waals surface area contributed by atoms with Crippen molar-refractivity contribution in [2.45, 2.75) is 12.6 Å². The Morgan fingerprint density at radius 3 is 2.44 bits per heavy atom. The number of hydrogen-bond acceptors (Lipinski definition) is 6. The Labute approximate surface area is 183 Å². The van der Waals surface area contributed by atoms with Crippen molar-refractivity contribution in [1.29, 1.82) is 0 Å². The quantitative estimate of drug-likeness (QED) is 0.489. The van der Waals surface area contributed by atoms with E-state index in [4.69, 9.17) is 9.47 Å². The number of alkyl halides is 3. The molecule has 0 spiro atoms. The highest BCUT2D eigenvalue weighted by atomic mass is 32.1. The van der Waals surface area contributed by atoms with Gasteiger partial charge < -0.3 is 14.6 Å². The second-order valence-electron chi connectivity index (χ2n) is 6.96. The molecule has 0 saturated carbocycles. The summed E-state index contributed by atoms with van der Waals surface area (Å²) in [5, 5.41) is 10.0. The van der Waals surface area contributed by atoms with Crippen LogP contribution < -0.4 is 19.6 Å². The van der Waals surface area contributed by atoms with Crippen LogP contribution in [0.5, 0.6) is 17.2 Å². The van der Waals surface area contributed by atoms with E-state index in [0.29, 0.717) is 26.3 Å². The highest BCUT2D eigenvalue weighted by molar-refractivity contribution is 7.15. The van der Waals surface area contributed by atoms with Crippen molar-refractivity contribution in [3.05, 3.63) is 68.6 Å².